The Morgan fingerprint density at radius 2 is 1.94 bits per heavy atom. The van der Waals surface area contributed by atoms with Gasteiger partial charge in [0.05, 0.1) is 25.2 Å². The van der Waals surface area contributed by atoms with E-state index in [1.54, 1.807) is 18.2 Å². The maximum absolute atomic E-state index is 13.4. The minimum absolute atomic E-state index is 0.192. The number of rotatable bonds is 10. The van der Waals surface area contributed by atoms with Crippen molar-refractivity contribution < 1.29 is 23.9 Å². The molecule has 8 heteroatoms. The third-order valence-electron chi connectivity index (χ3n) is 5.30. The summed E-state index contributed by atoms with van der Waals surface area (Å²) in [6, 6.07) is 14.2. The van der Waals surface area contributed by atoms with Crippen molar-refractivity contribution in [2.24, 2.45) is 0 Å². The second kappa shape index (κ2) is 12.4. The number of halogens is 1. The van der Waals surface area contributed by atoms with Crippen molar-refractivity contribution in [2.45, 2.75) is 38.6 Å². The van der Waals surface area contributed by atoms with Crippen LogP contribution < -0.4 is 10.1 Å². The van der Waals surface area contributed by atoms with Crippen LogP contribution in [0.25, 0.3) is 0 Å². The summed E-state index contributed by atoms with van der Waals surface area (Å²) in [7, 11) is 0. The van der Waals surface area contributed by atoms with Gasteiger partial charge < -0.3 is 19.7 Å². The molecule has 0 spiro atoms. The molecule has 1 aliphatic rings. The van der Waals surface area contributed by atoms with Crippen molar-refractivity contribution in [1.29, 1.82) is 0 Å². The van der Waals surface area contributed by atoms with Crippen molar-refractivity contribution in [3.8, 4) is 5.75 Å². The minimum Gasteiger partial charge on any atom is -0.493 e. The minimum atomic E-state index is -0.925. The third-order valence-corrected chi connectivity index (χ3v) is 5.79. The monoisotopic (exact) mass is 516 g/mol. The van der Waals surface area contributed by atoms with Crippen LogP contribution in [0.15, 0.2) is 53.0 Å². The van der Waals surface area contributed by atoms with Crippen LogP contribution in [-0.2, 0) is 20.7 Å². The van der Waals surface area contributed by atoms with E-state index in [9.17, 15) is 14.4 Å². The Hall–Kier alpha value is -2.87. The van der Waals surface area contributed by atoms with Crippen LogP contribution in [0.5, 0.6) is 5.75 Å². The molecule has 2 aromatic rings. The van der Waals surface area contributed by atoms with Crippen LogP contribution in [0.2, 0.25) is 0 Å². The van der Waals surface area contributed by atoms with Gasteiger partial charge in [0.15, 0.2) is 0 Å². The van der Waals surface area contributed by atoms with Gasteiger partial charge in [-0.15, -0.1) is 0 Å². The molecule has 176 valence electrons. The molecule has 1 fully saturated rings. The van der Waals surface area contributed by atoms with Crippen molar-refractivity contribution in [3.05, 3.63) is 64.1 Å². The predicted molar refractivity (Wildman–Crippen MR) is 128 cm³/mol. The summed E-state index contributed by atoms with van der Waals surface area (Å²) in [5, 5.41) is 2.74. The molecular weight excluding hydrogens is 488 g/mol. The number of hydrogen-bond acceptors (Lipinski definition) is 5. The highest BCUT2D eigenvalue weighted by atomic mass is 79.9. The van der Waals surface area contributed by atoms with Gasteiger partial charge in [-0.3, -0.25) is 14.4 Å². The zero-order chi connectivity index (χ0) is 23.6. The summed E-state index contributed by atoms with van der Waals surface area (Å²) in [6.07, 6.45) is 2.09. The summed E-state index contributed by atoms with van der Waals surface area (Å²) in [6.45, 7) is 3.34. The lowest BCUT2D eigenvalue weighted by Crippen LogP contribution is -2.57. The van der Waals surface area contributed by atoms with Gasteiger partial charge in [0.25, 0.3) is 5.91 Å². The lowest BCUT2D eigenvalue weighted by molar-refractivity contribution is -0.147. The number of nitrogens with one attached hydrogen (secondary N) is 1. The number of benzene rings is 2. The lowest BCUT2D eigenvalue weighted by atomic mass is 10.1. The molecule has 33 heavy (non-hydrogen) atoms. The van der Waals surface area contributed by atoms with E-state index in [0.717, 1.165) is 17.3 Å². The summed E-state index contributed by atoms with van der Waals surface area (Å²) >= 11 is 3.40. The predicted octanol–water partition coefficient (Wildman–Crippen LogP) is 3.74. The van der Waals surface area contributed by atoms with Crippen LogP contribution >= 0.6 is 15.9 Å². The second-order valence-electron chi connectivity index (χ2n) is 7.81. The highest BCUT2D eigenvalue weighted by Crippen LogP contribution is 2.26. The zero-order valence-corrected chi connectivity index (χ0v) is 20.3. The molecule has 1 saturated heterocycles. The van der Waals surface area contributed by atoms with Gasteiger partial charge in [0.2, 0.25) is 5.91 Å². The Morgan fingerprint density at radius 3 is 2.70 bits per heavy atom. The fraction of sp³-hybridized carbons (Fsp3) is 0.400. The first-order chi connectivity index (χ1) is 16.0. The first-order valence-corrected chi connectivity index (χ1v) is 12.0. The van der Waals surface area contributed by atoms with E-state index in [0.29, 0.717) is 37.4 Å². The molecule has 1 aliphatic heterocycles. The Morgan fingerprint density at radius 1 is 1.15 bits per heavy atom. The van der Waals surface area contributed by atoms with Gasteiger partial charge in [-0.1, -0.05) is 53.2 Å². The normalized spacial score (nSPS) is 15.6. The van der Waals surface area contributed by atoms with Gasteiger partial charge in [-0.05, 0) is 43.0 Å². The first kappa shape index (κ1) is 24.8. The topological polar surface area (TPSA) is 84.9 Å². The molecule has 0 aliphatic carbocycles. The molecular formula is C25H29BrN2O5. The Kier molecular flexibility index (Phi) is 9.30. The van der Waals surface area contributed by atoms with Crippen molar-refractivity contribution in [2.75, 3.05) is 26.3 Å². The maximum atomic E-state index is 13.4. The van der Waals surface area contributed by atoms with Gasteiger partial charge in [-0.2, -0.15) is 0 Å². The third kappa shape index (κ3) is 7.05. The average Bonchev–Trinajstić information content (AvgIpc) is 2.82. The smallest absolute Gasteiger partial charge is 0.308 e. The fourth-order valence-electron chi connectivity index (χ4n) is 3.65. The van der Waals surface area contributed by atoms with E-state index in [1.807, 2.05) is 37.3 Å². The Balaban J connectivity index is 1.63. The molecule has 1 heterocycles. The zero-order valence-electron chi connectivity index (χ0n) is 18.7. The number of aryl methyl sites for hydroxylation is 1. The highest BCUT2D eigenvalue weighted by molar-refractivity contribution is 9.10. The number of esters is 1. The molecule has 2 aromatic carbocycles. The van der Waals surface area contributed by atoms with Crippen LogP contribution in [0.1, 0.15) is 42.1 Å². The Bertz CT molecular complexity index is 967. The van der Waals surface area contributed by atoms with E-state index in [4.69, 9.17) is 9.47 Å². The summed E-state index contributed by atoms with van der Waals surface area (Å²) < 4.78 is 11.8. The molecule has 0 aromatic heterocycles. The first-order valence-electron chi connectivity index (χ1n) is 11.2. The fourth-order valence-corrected chi connectivity index (χ4v) is 4.01. The number of hydrogen-bond donors (Lipinski definition) is 1. The van der Waals surface area contributed by atoms with E-state index in [1.165, 1.54) is 10.5 Å². The quantitative estimate of drug-likeness (QED) is 0.384. The number of nitrogens with zero attached hydrogens (tertiary/aromatic N) is 1. The summed E-state index contributed by atoms with van der Waals surface area (Å²) in [4.78, 5) is 39.8. The standard InChI is InChI=1S/C25H29BrN2O5/c1-2-14-32-22-11-10-19(26)16-20(22)25(31)28-13-12-27-24(30)21(28)17-23(29)33-15-6-9-18-7-4-3-5-8-18/h3-5,7-8,10-11,16,21H,2,6,9,12-15,17H2,1H3,(H,27,30). The molecule has 2 amide bonds. The van der Waals surface area contributed by atoms with E-state index < -0.39 is 12.0 Å². The van der Waals surface area contributed by atoms with Gasteiger partial charge in [0.1, 0.15) is 11.8 Å². The largest absolute Gasteiger partial charge is 0.493 e. The van der Waals surface area contributed by atoms with Gasteiger partial charge in [0, 0.05) is 17.6 Å². The van der Waals surface area contributed by atoms with Crippen LogP contribution in [0, 0.1) is 0 Å². The molecule has 7 nitrogen and oxygen atoms in total. The highest BCUT2D eigenvalue weighted by Gasteiger charge is 2.36. The number of piperazine rings is 1. The van der Waals surface area contributed by atoms with Gasteiger partial charge >= 0.3 is 5.97 Å². The molecule has 3 rings (SSSR count). The molecule has 0 radical (unpaired) electrons. The second-order valence-corrected chi connectivity index (χ2v) is 8.72. The Labute approximate surface area is 202 Å². The van der Waals surface area contributed by atoms with E-state index >= 15 is 0 Å². The van der Waals surface area contributed by atoms with Crippen molar-refractivity contribution in [3.63, 3.8) is 0 Å². The molecule has 1 N–H and O–H groups in total. The summed E-state index contributed by atoms with van der Waals surface area (Å²) in [5.74, 6) is -0.751. The van der Waals surface area contributed by atoms with Crippen molar-refractivity contribution >= 4 is 33.7 Å². The average molecular weight is 517 g/mol. The van der Waals surface area contributed by atoms with Crippen LogP contribution in [0.4, 0.5) is 0 Å². The van der Waals surface area contributed by atoms with E-state index in [-0.39, 0.29) is 24.8 Å². The number of ether oxygens (including phenoxy) is 2. The molecule has 0 bridgehead atoms. The van der Waals surface area contributed by atoms with Crippen LogP contribution in [0.3, 0.4) is 0 Å². The van der Waals surface area contributed by atoms with Gasteiger partial charge in [-0.25, -0.2) is 0 Å². The SMILES string of the molecule is CCCOc1ccc(Br)cc1C(=O)N1CCNC(=O)C1CC(=O)OCCCc1ccccc1. The molecule has 0 saturated carbocycles. The number of carbonyl (C=O) groups is 3. The maximum Gasteiger partial charge on any atom is 0.308 e. The molecule has 1 atom stereocenters. The molecule has 1 unspecified atom stereocenters. The van der Waals surface area contributed by atoms with E-state index in [2.05, 4.69) is 21.2 Å². The van der Waals surface area contributed by atoms with Crippen LogP contribution in [-0.4, -0.2) is 55.0 Å². The van der Waals surface area contributed by atoms with Crippen molar-refractivity contribution in [1.82, 2.24) is 10.2 Å². The summed E-state index contributed by atoms with van der Waals surface area (Å²) in [5.41, 5.74) is 1.53. The number of carbonyl (C=O) groups excluding carboxylic acids is 3. The number of amides is 2. The lowest BCUT2D eigenvalue weighted by Gasteiger charge is -2.35.